The molecular formula is C16H26N2O2S. The summed E-state index contributed by atoms with van der Waals surface area (Å²) in [6, 6.07) is 9.89. The molecule has 0 bridgehead atoms. The number of carbonyl (C=O) groups excluding carboxylic acids is 1. The quantitative estimate of drug-likeness (QED) is 0.725. The van der Waals surface area contributed by atoms with E-state index >= 15 is 0 Å². The van der Waals surface area contributed by atoms with Crippen LogP contribution in [0.25, 0.3) is 0 Å². The largest absolute Gasteiger partial charge is 0.395 e. The third-order valence-corrected chi connectivity index (χ3v) is 5.00. The molecular weight excluding hydrogens is 284 g/mol. The zero-order valence-corrected chi connectivity index (χ0v) is 14.0. The molecule has 4 unspecified atom stereocenters. The molecule has 3 N–H and O–H groups in total. The molecule has 0 aliphatic carbocycles. The van der Waals surface area contributed by atoms with Crippen molar-refractivity contribution < 1.29 is 9.90 Å². The predicted octanol–water partition coefficient (Wildman–Crippen LogP) is 2.59. The van der Waals surface area contributed by atoms with Gasteiger partial charge in [0.25, 0.3) is 0 Å². The van der Waals surface area contributed by atoms with Crippen molar-refractivity contribution >= 4 is 17.8 Å². The number of urea groups is 1. The molecule has 118 valence electrons. The van der Waals surface area contributed by atoms with Crippen molar-refractivity contribution in [1.82, 2.24) is 10.6 Å². The van der Waals surface area contributed by atoms with Crippen molar-refractivity contribution in [2.75, 3.05) is 12.9 Å². The molecule has 0 saturated heterocycles. The lowest BCUT2D eigenvalue weighted by Crippen LogP contribution is -2.49. The molecule has 0 aliphatic rings. The highest BCUT2D eigenvalue weighted by atomic mass is 32.2. The molecule has 1 rings (SSSR count). The van der Waals surface area contributed by atoms with E-state index in [0.717, 1.165) is 0 Å². The average Bonchev–Trinajstić information content (AvgIpc) is 2.48. The normalized spacial score (nSPS) is 16.6. The maximum atomic E-state index is 12.0. The Bertz CT molecular complexity index is 424. The summed E-state index contributed by atoms with van der Waals surface area (Å²) in [7, 11) is 0. The van der Waals surface area contributed by atoms with Crippen LogP contribution >= 0.6 is 11.8 Å². The fourth-order valence-corrected chi connectivity index (χ4v) is 2.78. The highest BCUT2D eigenvalue weighted by Crippen LogP contribution is 2.18. The van der Waals surface area contributed by atoms with Gasteiger partial charge in [-0.05, 0) is 25.7 Å². The van der Waals surface area contributed by atoms with Gasteiger partial charge in [0.05, 0.1) is 6.61 Å². The Morgan fingerprint density at radius 1 is 1.14 bits per heavy atom. The van der Waals surface area contributed by atoms with Crippen LogP contribution in [0.1, 0.15) is 32.3 Å². The van der Waals surface area contributed by atoms with Crippen molar-refractivity contribution in [1.29, 1.82) is 0 Å². The summed E-state index contributed by atoms with van der Waals surface area (Å²) in [5, 5.41) is 15.1. The van der Waals surface area contributed by atoms with E-state index in [1.807, 2.05) is 38.3 Å². The van der Waals surface area contributed by atoms with E-state index in [1.165, 1.54) is 5.56 Å². The number of benzene rings is 1. The lowest BCUT2D eigenvalue weighted by Gasteiger charge is -2.25. The first-order valence-corrected chi connectivity index (χ1v) is 8.54. The molecule has 2 amide bonds. The van der Waals surface area contributed by atoms with Gasteiger partial charge in [0.1, 0.15) is 0 Å². The number of nitrogens with one attached hydrogen (secondary N) is 2. The zero-order chi connectivity index (χ0) is 15.8. The fraction of sp³-hybridized carbons (Fsp3) is 0.562. The van der Waals surface area contributed by atoms with Crippen LogP contribution in [-0.4, -0.2) is 41.3 Å². The third-order valence-electron chi connectivity index (χ3n) is 3.83. The van der Waals surface area contributed by atoms with Crippen LogP contribution in [0, 0.1) is 0 Å². The van der Waals surface area contributed by atoms with Crippen molar-refractivity contribution in [3.8, 4) is 0 Å². The summed E-state index contributed by atoms with van der Waals surface area (Å²) >= 11 is 1.55. The molecule has 0 heterocycles. The van der Waals surface area contributed by atoms with Gasteiger partial charge in [-0.1, -0.05) is 37.3 Å². The van der Waals surface area contributed by atoms with Gasteiger partial charge < -0.3 is 15.7 Å². The highest BCUT2D eigenvalue weighted by Gasteiger charge is 2.20. The van der Waals surface area contributed by atoms with E-state index in [1.54, 1.807) is 11.8 Å². The first-order valence-electron chi connectivity index (χ1n) is 7.25. The molecule has 4 nitrogen and oxygen atoms in total. The third kappa shape index (κ3) is 5.59. The van der Waals surface area contributed by atoms with Crippen LogP contribution in [0.2, 0.25) is 0 Å². The average molecular weight is 310 g/mol. The summed E-state index contributed by atoms with van der Waals surface area (Å²) < 4.78 is 0. The molecule has 1 aromatic carbocycles. The second-order valence-electron chi connectivity index (χ2n) is 5.35. The van der Waals surface area contributed by atoms with Gasteiger partial charge in [0.15, 0.2) is 0 Å². The number of aliphatic hydroxyl groups excluding tert-OH is 1. The first-order chi connectivity index (χ1) is 9.99. The Hall–Kier alpha value is -1.20. The smallest absolute Gasteiger partial charge is 0.315 e. The van der Waals surface area contributed by atoms with Crippen LogP contribution in [0.5, 0.6) is 0 Å². The highest BCUT2D eigenvalue weighted by molar-refractivity contribution is 7.99. The monoisotopic (exact) mass is 310 g/mol. The molecule has 0 radical (unpaired) electrons. The maximum Gasteiger partial charge on any atom is 0.315 e. The van der Waals surface area contributed by atoms with Crippen LogP contribution in [-0.2, 0) is 0 Å². The molecule has 0 saturated carbocycles. The first kappa shape index (κ1) is 17.9. The minimum atomic E-state index is -0.190. The summed E-state index contributed by atoms with van der Waals surface area (Å²) in [4.78, 5) is 12.0. The second-order valence-corrected chi connectivity index (χ2v) is 6.43. The van der Waals surface area contributed by atoms with E-state index in [2.05, 4.69) is 29.7 Å². The minimum Gasteiger partial charge on any atom is -0.395 e. The van der Waals surface area contributed by atoms with Crippen LogP contribution in [0.3, 0.4) is 0 Å². The summed E-state index contributed by atoms with van der Waals surface area (Å²) in [6.45, 7) is 6.06. The number of rotatable bonds is 7. The Morgan fingerprint density at radius 3 is 2.24 bits per heavy atom. The van der Waals surface area contributed by atoms with E-state index in [4.69, 9.17) is 0 Å². The summed E-state index contributed by atoms with van der Waals surface area (Å²) in [5.74, 6) is 0.237. The van der Waals surface area contributed by atoms with Gasteiger partial charge in [-0.25, -0.2) is 4.79 Å². The number of aliphatic hydroxyl groups is 1. The molecule has 21 heavy (non-hydrogen) atoms. The fourth-order valence-electron chi connectivity index (χ4n) is 2.16. The zero-order valence-electron chi connectivity index (χ0n) is 13.2. The second kappa shape index (κ2) is 8.95. The van der Waals surface area contributed by atoms with Gasteiger partial charge in [-0.15, -0.1) is 0 Å². The van der Waals surface area contributed by atoms with E-state index in [0.29, 0.717) is 0 Å². The Labute approximate surface area is 131 Å². The molecule has 0 spiro atoms. The number of hydrogen-bond acceptors (Lipinski definition) is 3. The van der Waals surface area contributed by atoms with Crippen molar-refractivity contribution in [2.45, 2.75) is 44.0 Å². The summed E-state index contributed by atoms with van der Waals surface area (Å²) in [6.07, 6.45) is 1.93. The van der Waals surface area contributed by atoms with Crippen molar-refractivity contribution in [3.63, 3.8) is 0 Å². The summed E-state index contributed by atoms with van der Waals surface area (Å²) in [5.41, 5.74) is 1.20. The number of hydrogen-bond donors (Lipinski definition) is 3. The molecule has 4 atom stereocenters. The van der Waals surface area contributed by atoms with Gasteiger partial charge in [0, 0.05) is 23.3 Å². The van der Waals surface area contributed by atoms with Gasteiger partial charge in [0.2, 0.25) is 0 Å². The van der Waals surface area contributed by atoms with Crippen molar-refractivity contribution in [2.24, 2.45) is 0 Å². The van der Waals surface area contributed by atoms with E-state index in [-0.39, 0.29) is 35.9 Å². The number of amides is 2. The number of thioether (sulfide) groups is 1. The predicted molar refractivity (Wildman–Crippen MR) is 89.8 cm³/mol. The van der Waals surface area contributed by atoms with Crippen molar-refractivity contribution in [3.05, 3.63) is 35.9 Å². The minimum absolute atomic E-state index is 0.0117. The van der Waals surface area contributed by atoms with Crippen LogP contribution in [0.15, 0.2) is 30.3 Å². The van der Waals surface area contributed by atoms with E-state index < -0.39 is 0 Å². The van der Waals surface area contributed by atoms with Crippen LogP contribution in [0.4, 0.5) is 4.79 Å². The van der Waals surface area contributed by atoms with Gasteiger partial charge >= 0.3 is 6.03 Å². The molecule has 0 aromatic heterocycles. The lowest BCUT2D eigenvalue weighted by atomic mass is 9.94. The van der Waals surface area contributed by atoms with Crippen LogP contribution < -0.4 is 10.6 Å². The van der Waals surface area contributed by atoms with E-state index in [9.17, 15) is 9.90 Å². The molecule has 0 fully saturated rings. The Kier molecular flexibility index (Phi) is 7.61. The molecule has 5 heteroatoms. The molecule has 1 aromatic rings. The molecule has 0 aliphatic heterocycles. The maximum absolute atomic E-state index is 12.0. The van der Waals surface area contributed by atoms with Gasteiger partial charge in [-0.3, -0.25) is 0 Å². The topological polar surface area (TPSA) is 61.4 Å². The Balaban J connectivity index is 2.50. The number of carbonyl (C=O) groups is 1. The Morgan fingerprint density at radius 2 is 1.71 bits per heavy atom. The SMILES string of the molecule is CSC(CO)C(C)NC(=O)NC(C)C(C)c1ccccc1. The van der Waals surface area contributed by atoms with Gasteiger partial charge in [-0.2, -0.15) is 11.8 Å². The standard InChI is InChI=1S/C16H26N2O2S/c1-11(14-8-6-5-7-9-14)12(2)17-16(20)18-13(3)15(10-19)21-4/h5-9,11-13,15,19H,10H2,1-4H3,(H2,17,18,20). The lowest BCUT2D eigenvalue weighted by molar-refractivity contribution is 0.228.